The lowest BCUT2D eigenvalue weighted by molar-refractivity contribution is 0.0875. The largest absolute Gasteiger partial charge is 0.295 e. The summed E-state index contributed by atoms with van der Waals surface area (Å²) in [6, 6.07) is 0. The fourth-order valence-corrected chi connectivity index (χ4v) is 1.33. The molecule has 0 aliphatic rings. The van der Waals surface area contributed by atoms with E-state index in [0.29, 0.717) is 0 Å². The van der Waals surface area contributed by atoms with Crippen molar-refractivity contribution < 1.29 is 0 Å². The van der Waals surface area contributed by atoms with Crippen LogP contribution in [-0.2, 0) is 0 Å². The molecule has 0 saturated carbocycles. The van der Waals surface area contributed by atoms with Gasteiger partial charge in [0.05, 0.1) is 5.29 Å². The van der Waals surface area contributed by atoms with Gasteiger partial charge in [0.2, 0.25) is 0 Å². The molecule has 66 valence electrons. The van der Waals surface area contributed by atoms with Gasteiger partial charge in [0.15, 0.2) is 0 Å². The zero-order valence-electron chi connectivity index (χ0n) is 8.39. The third-order valence-corrected chi connectivity index (χ3v) is 4.66. The molecule has 2 nitrogen and oxygen atoms in total. The first-order chi connectivity index (χ1) is 4.95. The summed E-state index contributed by atoms with van der Waals surface area (Å²) in [4.78, 5) is 4.53. The summed E-state index contributed by atoms with van der Waals surface area (Å²) < 4.78 is 0. The van der Waals surface area contributed by atoms with Gasteiger partial charge in [-0.2, -0.15) is 0 Å². The van der Waals surface area contributed by atoms with Crippen LogP contribution in [0.3, 0.4) is 0 Å². The minimum atomic E-state index is 0.238. The van der Waals surface area contributed by atoms with Crippen LogP contribution in [0.15, 0.2) is 12.7 Å². The fourth-order valence-electron chi connectivity index (χ4n) is 1.04. The normalized spacial score (nSPS) is 12.9. The van der Waals surface area contributed by atoms with Crippen LogP contribution in [0.2, 0.25) is 0 Å². The van der Waals surface area contributed by atoms with E-state index in [0.717, 1.165) is 16.7 Å². The summed E-state index contributed by atoms with van der Waals surface area (Å²) in [7, 11) is 9.61. The molecule has 0 aliphatic heterocycles. The molecule has 0 aromatic carbocycles. The van der Waals surface area contributed by atoms with Crippen molar-refractivity contribution in [1.82, 2.24) is 9.80 Å². The molecular weight excluding hydrogens is 152 g/mol. The Morgan fingerprint density at radius 3 is 1.73 bits per heavy atom. The molecular formula is C8H20N2Si. The second kappa shape index (κ2) is 4.04. The minimum Gasteiger partial charge on any atom is -0.295 e. The Balaban J connectivity index is 4.37. The van der Waals surface area contributed by atoms with Crippen LogP contribution >= 0.6 is 0 Å². The van der Waals surface area contributed by atoms with Gasteiger partial charge in [-0.1, -0.05) is 6.08 Å². The molecule has 0 saturated heterocycles. The maximum Gasteiger partial charge on any atom is 0.0545 e. The number of rotatable bonds is 4. The van der Waals surface area contributed by atoms with Gasteiger partial charge in [-0.3, -0.25) is 9.80 Å². The summed E-state index contributed by atoms with van der Waals surface area (Å²) in [5.74, 6) is 0. The molecule has 0 spiro atoms. The Bertz CT molecular complexity index is 124. The standard InChI is InChI=1S/C8H20N2Si/c1-6-7-8(11,9(2)3)10(4)5/h6H,1,7H2,2-5,11H3. The Labute approximate surface area is 73.3 Å². The third-order valence-electron chi connectivity index (χ3n) is 2.46. The average Bonchev–Trinajstić information content (AvgIpc) is 1.87. The molecule has 0 bridgehead atoms. The summed E-state index contributed by atoms with van der Waals surface area (Å²) >= 11 is 0. The predicted molar refractivity (Wildman–Crippen MR) is 54.9 cm³/mol. The van der Waals surface area contributed by atoms with Gasteiger partial charge in [0.25, 0.3) is 0 Å². The first-order valence-corrected chi connectivity index (χ1v) is 4.91. The topological polar surface area (TPSA) is 6.48 Å². The predicted octanol–water partition coefficient (Wildman–Crippen LogP) is -0.295. The van der Waals surface area contributed by atoms with Crippen LogP contribution in [-0.4, -0.2) is 53.5 Å². The highest BCUT2D eigenvalue weighted by molar-refractivity contribution is 6.15. The summed E-state index contributed by atoms with van der Waals surface area (Å²) in [5, 5.41) is 0.238. The fraction of sp³-hybridized carbons (Fsp3) is 0.750. The molecule has 0 N–H and O–H groups in total. The van der Waals surface area contributed by atoms with Gasteiger partial charge < -0.3 is 0 Å². The smallest absolute Gasteiger partial charge is 0.0545 e. The molecule has 0 aromatic heterocycles. The van der Waals surface area contributed by atoms with Crippen molar-refractivity contribution >= 4 is 10.2 Å². The zero-order chi connectivity index (χ0) is 9.07. The summed E-state index contributed by atoms with van der Waals surface area (Å²) in [5.41, 5.74) is 0. The van der Waals surface area contributed by atoms with E-state index in [-0.39, 0.29) is 5.29 Å². The molecule has 0 heterocycles. The van der Waals surface area contributed by atoms with Crippen molar-refractivity contribution in [2.75, 3.05) is 28.2 Å². The Morgan fingerprint density at radius 2 is 1.64 bits per heavy atom. The van der Waals surface area contributed by atoms with E-state index in [1.54, 1.807) is 0 Å². The highest BCUT2D eigenvalue weighted by Gasteiger charge is 2.26. The van der Waals surface area contributed by atoms with Crippen LogP contribution in [0.25, 0.3) is 0 Å². The van der Waals surface area contributed by atoms with Crippen molar-refractivity contribution in [1.29, 1.82) is 0 Å². The molecule has 0 radical (unpaired) electrons. The first kappa shape index (κ1) is 10.9. The van der Waals surface area contributed by atoms with E-state index in [4.69, 9.17) is 0 Å². The molecule has 3 heteroatoms. The molecule has 0 aliphatic carbocycles. The van der Waals surface area contributed by atoms with E-state index >= 15 is 0 Å². The molecule has 0 fully saturated rings. The van der Waals surface area contributed by atoms with E-state index in [9.17, 15) is 0 Å². The number of hydrogen-bond acceptors (Lipinski definition) is 2. The van der Waals surface area contributed by atoms with Crippen LogP contribution in [0.1, 0.15) is 6.42 Å². The Kier molecular flexibility index (Phi) is 4.00. The van der Waals surface area contributed by atoms with Crippen molar-refractivity contribution in [3.8, 4) is 0 Å². The molecule has 0 unspecified atom stereocenters. The van der Waals surface area contributed by atoms with Crippen LogP contribution in [0.5, 0.6) is 0 Å². The quantitative estimate of drug-likeness (QED) is 0.326. The monoisotopic (exact) mass is 172 g/mol. The number of hydrogen-bond donors (Lipinski definition) is 0. The third kappa shape index (κ3) is 2.43. The van der Waals surface area contributed by atoms with Gasteiger partial charge in [-0.15, -0.1) is 6.58 Å². The van der Waals surface area contributed by atoms with E-state index in [1.165, 1.54) is 0 Å². The molecule has 11 heavy (non-hydrogen) atoms. The average molecular weight is 172 g/mol. The van der Waals surface area contributed by atoms with Crippen molar-refractivity contribution in [2.24, 2.45) is 0 Å². The van der Waals surface area contributed by atoms with E-state index < -0.39 is 0 Å². The molecule has 0 amide bonds. The van der Waals surface area contributed by atoms with Crippen LogP contribution < -0.4 is 0 Å². The maximum atomic E-state index is 3.78. The van der Waals surface area contributed by atoms with Crippen molar-refractivity contribution in [3.05, 3.63) is 12.7 Å². The van der Waals surface area contributed by atoms with Crippen LogP contribution in [0, 0.1) is 0 Å². The molecule has 0 rings (SSSR count). The van der Waals surface area contributed by atoms with Crippen LogP contribution in [0.4, 0.5) is 0 Å². The summed E-state index contributed by atoms with van der Waals surface area (Å²) in [6.45, 7) is 3.78. The summed E-state index contributed by atoms with van der Waals surface area (Å²) in [6.07, 6.45) is 3.03. The lowest BCUT2D eigenvalue weighted by Gasteiger charge is -2.42. The lowest BCUT2D eigenvalue weighted by atomic mass is 10.3. The minimum absolute atomic E-state index is 0.238. The van der Waals surface area contributed by atoms with Gasteiger partial charge in [0.1, 0.15) is 0 Å². The van der Waals surface area contributed by atoms with E-state index in [1.807, 2.05) is 6.08 Å². The van der Waals surface area contributed by atoms with Gasteiger partial charge in [-0.25, -0.2) is 0 Å². The highest BCUT2D eigenvalue weighted by Crippen LogP contribution is 2.15. The SMILES string of the molecule is C=CCC([SiH3])(N(C)C)N(C)C. The number of nitrogens with zero attached hydrogens (tertiary/aromatic N) is 2. The Hall–Kier alpha value is -0.123. The zero-order valence-corrected chi connectivity index (χ0v) is 10.4. The maximum absolute atomic E-state index is 3.78. The van der Waals surface area contributed by atoms with Gasteiger partial charge in [-0.05, 0) is 34.6 Å². The Morgan fingerprint density at radius 1 is 1.27 bits per heavy atom. The van der Waals surface area contributed by atoms with Gasteiger partial charge >= 0.3 is 0 Å². The van der Waals surface area contributed by atoms with Gasteiger partial charge in [0, 0.05) is 10.2 Å². The second-order valence-corrected chi connectivity index (χ2v) is 5.10. The first-order valence-electron chi connectivity index (χ1n) is 3.91. The van der Waals surface area contributed by atoms with E-state index in [2.05, 4.69) is 44.6 Å². The second-order valence-electron chi connectivity index (χ2n) is 3.50. The lowest BCUT2D eigenvalue weighted by Crippen LogP contribution is -2.55. The highest BCUT2D eigenvalue weighted by atomic mass is 28.1. The van der Waals surface area contributed by atoms with Crippen molar-refractivity contribution in [3.63, 3.8) is 0 Å². The molecule has 0 atom stereocenters. The van der Waals surface area contributed by atoms with Crippen molar-refractivity contribution in [2.45, 2.75) is 11.7 Å². The molecule has 0 aromatic rings.